The number of nitro groups is 1. The van der Waals surface area contributed by atoms with Crippen LogP contribution in [0.5, 0.6) is 0 Å². The van der Waals surface area contributed by atoms with E-state index in [0.29, 0.717) is 6.29 Å². The van der Waals surface area contributed by atoms with Gasteiger partial charge in [-0.2, -0.15) is 0 Å². The SMILES string of the molecule is Nc1cc(C=O)ncc1[N+](=O)[O-]. The minimum absolute atomic E-state index is 0.0582. The Hall–Kier alpha value is -1.98. The molecule has 1 rings (SSSR count). The number of nitrogens with two attached hydrogens (primary N) is 1. The van der Waals surface area contributed by atoms with Crippen LogP contribution in [0.15, 0.2) is 12.3 Å². The number of pyridine rings is 1. The van der Waals surface area contributed by atoms with Gasteiger partial charge < -0.3 is 5.73 Å². The lowest BCUT2D eigenvalue weighted by Gasteiger charge is -1.95. The van der Waals surface area contributed by atoms with E-state index in [0.717, 1.165) is 12.3 Å². The van der Waals surface area contributed by atoms with Crippen LogP contribution in [0.4, 0.5) is 11.4 Å². The summed E-state index contributed by atoms with van der Waals surface area (Å²) >= 11 is 0. The Labute approximate surface area is 67.2 Å². The Bertz CT molecular complexity index is 337. The Kier molecular flexibility index (Phi) is 2.00. The minimum Gasteiger partial charge on any atom is -0.393 e. The predicted molar refractivity (Wildman–Crippen MR) is 40.7 cm³/mol. The van der Waals surface area contributed by atoms with Crippen LogP contribution >= 0.6 is 0 Å². The summed E-state index contributed by atoms with van der Waals surface area (Å²) in [7, 11) is 0. The molecule has 0 aliphatic rings. The molecule has 0 saturated heterocycles. The molecule has 1 aromatic rings. The van der Waals surface area contributed by atoms with Crippen LogP contribution in [0, 0.1) is 10.1 Å². The molecular weight excluding hydrogens is 162 g/mol. The molecule has 2 N–H and O–H groups in total. The maximum atomic E-state index is 10.2. The Morgan fingerprint density at radius 2 is 2.33 bits per heavy atom. The van der Waals surface area contributed by atoms with Crippen molar-refractivity contribution in [2.45, 2.75) is 0 Å². The molecule has 0 aliphatic heterocycles. The lowest BCUT2D eigenvalue weighted by atomic mass is 10.3. The van der Waals surface area contributed by atoms with Gasteiger partial charge in [0.05, 0.1) is 4.92 Å². The van der Waals surface area contributed by atoms with E-state index in [2.05, 4.69) is 4.98 Å². The van der Waals surface area contributed by atoms with Crippen molar-refractivity contribution in [3.05, 3.63) is 28.1 Å². The fourth-order valence-corrected chi connectivity index (χ4v) is 0.698. The zero-order chi connectivity index (χ0) is 9.14. The first-order chi connectivity index (χ1) is 5.65. The van der Waals surface area contributed by atoms with Crippen molar-refractivity contribution in [2.75, 3.05) is 5.73 Å². The van der Waals surface area contributed by atoms with Crippen molar-refractivity contribution < 1.29 is 9.72 Å². The van der Waals surface area contributed by atoms with Gasteiger partial charge in [0.2, 0.25) is 0 Å². The summed E-state index contributed by atoms with van der Waals surface area (Å²) < 4.78 is 0. The van der Waals surface area contributed by atoms with Crippen LogP contribution in [-0.4, -0.2) is 16.2 Å². The second kappa shape index (κ2) is 2.95. The van der Waals surface area contributed by atoms with Crippen molar-refractivity contribution in [3.8, 4) is 0 Å². The van der Waals surface area contributed by atoms with Gasteiger partial charge in [-0.05, 0) is 6.07 Å². The molecule has 0 spiro atoms. The Morgan fingerprint density at radius 1 is 1.67 bits per heavy atom. The van der Waals surface area contributed by atoms with Crippen molar-refractivity contribution in [1.82, 2.24) is 4.98 Å². The normalized spacial score (nSPS) is 9.33. The van der Waals surface area contributed by atoms with Gasteiger partial charge in [0.1, 0.15) is 17.6 Å². The number of hydrogen-bond acceptors (Lipinski definition) is 5. The molecule has 0 atom stereocenters. The molecule has 0 amide bonds. The fraction of sp³-hybridized carbons (Fsp3) is 0. The molecule has 0 aliphatic carbocycles. The van der Waals surface area contributed by atoms with Gasteiger partial charge in [-0.3, -0.25) is 14.9 Å². The summed E-state index contributed by atoms with van der Waals surface area (Å²) in [6.07, 6.45) is 1.43. The third-order valence-corrected chi connectivity index (χ3v) is 1.25. The molecule has 0 radical (unpaired) electrons. The van der Waals surface area contributed by atoms with E-state index in [4.69, 9.17) is 5.73 Å². The fourth-order valence-electron chi connectivity index (χ4n) is 0.698. The quantitative estimate of drug-likeness (QED) is 0.390. The largest absolute Gasteiger partial charge is 0.393 e. The summed E-state index contributed by atoms with van der Waals surface area (Å²) in [6, 6.07) is 1.16. The van der Waals surface area contributed by atoms with Crippen molar-refractivity contribution >= 4 is 17.7 Å². The van der Waals surface area contributed by atoms with Gasteiger partial charge >= 0.3 is 5.69 Å². The lowest BCUT2D eigenvalue weighted by molar-refractivity contribution is -0.384. The molecule has 0 saturated carbocycles. The van der Waals surface area contributed by atoms with Crippen LogP contribution < -0.4 is 5.73 Å². The van der Waals surface area contributed by atoms with E-state index in [9.17, 15) is 14.9 Å². The van der Waals surface area contributed by atoms with E-state index in [1.807, 2.05) is 0 Å². The third kappa shape index (κ3) is 1.36. The zero-order valence-electron chi connectivity index (χ0n) is 5.93. The molecule has 6 heteroatoms. The predicted octanol–water partition coefficient (Wildman–Crippen LogP) is 0.384. The van der Waals surface area contributed by atoms with E-state index in [1.165, 1.54) is 0 Å². The van der Waals surface area contributed by atoms with Crippen molar-refractivity contribution in [2.24, 2.45) is 0 Å². The molecule has 12 heavy (non-hydrogen) atoms. The number of aromatic nitrogens is 1. The molecule has 0 fully saturated rings. The van der Waals surface area contributed by atoms with Gasteiger partial charge in [0, 0.05) is 0 Å². The average Bonchev–Trinajstić information content (AvgIpc) is 2.03. The molecule has 6 nitrogen and oxygen atoms in total. The van der Waals surface area contributed by atoms with Gasteiger partial charge in [-0.15, -0.1) is 0 Å². The smallest absolute Gasteiger partial charge is 0.310 e. The second-order valence-corrected chi connectivity index (χ2v) is 2.04. The average molecular weight is 167 g/mol. The van der Waals surface area contributed by atoms with Gasteiger partial charge in [-0.1, -0.05) is 0 Å². The maximum absolute atomic E-state index is 10.2. The van der Waals surface area contributed by atoms with Gasteiger partial charge in [0.15, 0.2) is 6.29 Å². The molecule has 0 aromatic carbocycles. The third-order valence-electron chi connectivity index (χ3n) is 1.25. The number of aldehydes is 1. The number of nitrogens with zero attached hydrogens (tertiary/aromatic N) is 2. The summed E-state index contributed by atoms with van der Waals surface area (Å²) in [5.74, 6) is 0. The highest BCUT2D eigenvalue weighted by molar-refractivity contribution is 5.75. The monoisotopic (exact) mass is 167 g/mol. The highest BCUT2D eigenvalue weighted by Crippen LogP contribution is 2.18. The highest BCUT2D eigenvalue weighted by Gasteiger charge is 2.11. The van der Waals surface area contributed by atoms with Crippen molar-refractivity contribution in [3.63, 3.8) is 0 Å². The lowest BCUT2D eigenvalue weighted by Crippen LogP contribution is -1.98. The van der Waals surface area contributed by atoms with E-state index >= 15 is 0 Å². The van der Waals surface area contributed by atoms with Crippen LogP contribution in [0.1, 0.15) is 10.5 Å². The molecular formula is C6H5N3O3. The number of anilines is 1. The standard InChI is InChI=1S/C6H5N3O3/c7-5-1-4(3-10)8-2-6(5)9(11)12/h1-3H,(H2,7,8). The highest BCUT2D eigenvalue weighted by atomic mass is 16.6. The van der Waals surface area contributed by atoms with E-state index in [1.54, 1.807) is 0 Å². The zero-order valence-corrected chi connectivity index (χ0v) is 5.93. The Morgan fingerprint density at radius 3 is 2.75 bits per heavy atom. The van der Waals surface area contributed by atoms with Gasteiger partial charge in [0.25, 0.3) is 0 Å². The Balaban J connectivity index is 3.20. The maximum Gasteiger partial charge on any atom is 0.310 e. The first-order valence-electron chi connectivity index (χ1n) is 3.00. The number of carbonyl (C=O) groups excluding carboxylic acids is 1. The summed E-state index contributed by atoms with van der Waals surface area (Å²) in [4.78, 5) is 23.2. The van der Waals surface area contributed by atoms with Crippen LogP contribution in [0.2, 0.25) is 0 Å². The van der Waals surface area contributed by atoms with Gasteiger partial charge in [-0.25, -0.2) is 4.98 Å². The second-order valence-electron chi connectivity index (χ2n) is 2.04. The van der Waals surface area contributed by atoms with Crippen LogP contribution in [-0.2, 0) is 0 Å². The number of carbonyl (C=O) groups is 1. The van der Waals surface area contributed by atoms with E-state index < -0.39 is 4.92 Å². The molecule has 0 unspecified atom stereocenters. The summed E-state index contributed by atoms with van der Waals surface area (Å²) in [5.41, 5.74) is 4.99. The number of nitrogen functional groups attached to an aromatic ring is 1. The number of hydrogen-bond donors (Lipinski definition) is 1. The topological polar surface area (TPSA) is 99.1 Å². The summed E-state index contributed by atoms with van der Waals surface area (Å²) in [5, 5.41) is 10.2. The molecule has 1 aromatic heterocycles. The molecule has 62 valence electrons. The summed E-state index contributed by atoms with van der Waals surface area (Å²) in [6.45, 7) is 0. The first-order valence-corrected chi connectivity index (χ1v) is 3.00. The van der Waals surface area contributed by atoms with Crippen LogP contribution in [0.25, 0.3) is 0 Å². The number of rotatable bonds is 2. The molecule has 1 heterocycles. The van der Waals surface area contributed by atoms with E-state index in [-0.39, 0.29) is 17.1 Å². The minimum atomic E-state index is -0.656. The van der Waals surface area contributed by atoms with Crippen molar-refractivity contribution in [1.29, 1.82) is 0 Å². The molecule has 0 bridgehead atoms. The first kappa shape index (κ1) is 8.12. The van der Waals surface area contributed by atoms with Crippen LogP contribution in [0.3, 0.4) is 0 Å².